The molecule has 1 aliphatic heterocycles. The molecular weight excluding hydrogens is 264 g/mol. The summed E-state index contributed by atoms with van der Waals surface area (Å²) < 4.78 is 24.2. The number of hydrogen-bond donors (Lipinski definition) is 1. The van der Waals surface area contributed by atoms with E-state index in [1.807, 2.05) is 19.1 Å². The zero-order valence-corrected chi connectivity index (χ0v) is 11.9. The minimum absolute atomic E-state index is 0.108. The van der Waals surface area contributed by atoms with Gasteiger partial charge in [-0.05, 0) is 25.5 Å². The van der Waals surface area contributed by atoms with Gasteiger partial charge >= 0.3 is 0 Å². The Morgan fingerprint density at radius 3 is 2.47 bits per heavy atom. The maximum atomic E-state index is 12.0. The summed E-state index contributed by atoms with van der Waals surface area (Å²) in [5.41, 5.74) is 1.70. The van der Waals surface area contributed by atoms with Crippen molar-refractivity contribution in [3.05, 3.63) is 35.4 Å². The van der Waals surface area contributed by atoms with Crippen molar-refractivity contribution in [1.29, 1.82) is 0 Å². The van der Waals surface area contributed by atoms with Gasteiger partial charge in [0.25, 0.3) is 5.91 Å². The van der Waals surface area contributed by atoms with Crippen LogP contribution in [0.3, 0.4) is 0 Å². The molecule has 6 heteroatoms. The number of carbonyl (C=O) groups is 1. The van der Waals surface area contributed by atoms with Crippen molar-refractivity contribution in [3.63, 3.8) is 0 Å². The molecule has 1 N–H and O–H groups in total. The SMILES string of the molecule is Cc1ccc(C(=O)NC2CCN(S(C)(=O)=O)C2)cc1. The van der Waals surface area contributed by atoms with Crippen LogP contribution in [-0.4, -0.2) is 44.0 Å². The summed E-state index contributed by atoms with van der Waals surface area (Å²) in [5, 5.41) is 2.87. The number of carbonyl (C=O) groups excluding carboxylic acids is 1. The lowest BCUT2D eigenvalue weighted by Gasteiger charge is -2.14. The predicted molar refractivity (Wildman–Crippen MR) is 73.5 cm³/mol. The van der Waals surface area contributed by atoms with Crippen LogP contribution in [0.2, 0.25) is 0 Å². The van der Waals surface area contributed by atoms with Gasteiger partial charge in [-0.25, -0.2) is 12.7 Å². The standard InChI is InChI=1S/C13H18N2O3S/c1-10-3-5-11(6-4-10)13(16)14-12-7-8-15(9-12)19(2,17)18/h3-6,12H,7-9H2,1-2H3,(H,14,16). The molecule has 0 spiro atoms. The Bertz CT molecular complexity index is 566. The minimum Gasteiger partial charge on any atom is -0.348 e. The molecule has 1 unspecified atom stereocenters. The van der Waals surface area contributed by atoms with Crippen LogP contribution in [-0.2, 0) is 10.0 Å². The molecule has 0 saturated carbocycles. The largest absolute Gasteiger partial charge is 0.348 e. The molecule has 5 nitrogen and oxygen atoms in total. The molecule has 104 valence electrons. The first-order chi connectivity index (χ1) is 8.86. The molecule has 2 rings (SSSR count). The second-order valence-electron chi connectivity index (χ2n) is 4.95. The molecule has 1 aromatic carbocycles. The van der Waals surface area contributed by atoms with Crippen LogP contribution in [0.4, 0.5) is 0 Å². The average molecular weight is 282 g/mol. The van der Waals surface area contributed by atoms with Crippen molar-refractivity contribution in [2.24, 2.45) is 0 Å². The zero-order chi connectivity index (χ0) is 14.0. The summed E-state index contributed by atoms with van der Waals surface area (Å²) in [6, 6.07) is 7.20. The summed E-state index contributed by atoms with van der Waals surface area (Å²) in [7, 11) is -3.16. The van der Waals surface area contributed by atoms with Gasteiger partial charge in [0.1, 0.15) is 0 Å². The Labute approximate surface area is 113 Å². The van der Waals surface area contributed by atoms with Crippen LogP contribution in [0, 0.1) is 6.92 Å². The van der Waals surface area contributed by atoms with Crippen molar-refractivity contribution in [2.45, 2.75) is 19.4 Å². The van der Waals surface area contributed by atoms with Crippen LogP contribution in [0.15, 0.2) is 24.3 Å². The highest BCUT2D eigenvalue weighted by Crippen LogP contribution is 2.13. The molecular formula is C13H18N2O3S. The molecule has 0 aromatic heterocycles. The number of nitrogens with one attached hydrogen (secondary N) is 1. The molecule has 0 radical (unpaired) electrons. The van der Waals surface area contributed by atoms with E-state index in [9.17, 15) is 13.2 Å². The van der Waals surface area contributed by atoms with Gasteiger partial charge in [0.05, 0.1) is 6.26 Å². The van der Waals surface area contributed by atoms with E-state index in [2.05, 4.69) is 5.32 Å². The molecule has 1 amide bonds. The monoisotopic (exact) mass is 282 g/mol. The zero-order valence-electron chi connectivity index (χ0n) is 11.1. The fraction of sp³-hybridized carbons (Fsp3) is 0.462. The quantitative estimate of drug-likeness (QED) is 0.890. The van der Waals surface area contributed by atoms with Gasteiger partial charge in [-0.1, -0.05) is 17.7 Å². The second-order valence-corrected chi connectivity index (χ2v) is 6.93. The van der Waals surface area contributed by atoms with Crippen LogP contribution in [0.1, 0.15) is 22.3 Å². The molecule has 19 heavy (non-hydrogen) atoms. The highest BCUT2D eigenvalue weighted by molar-refractivity contribution is 7.88. The minimum atomic E-state index is -3.16. The third kappa shape index (κ3) is 3.54. The van der Waals surface area contributed by atoms with Crippen molar-refractivity contribution in [2.75, 3.05) is 19.3 Å². The van der Waals surface area contributed by atoms with Gasteiger partial charge in [0, 0.05) is 24.7 Å². The lowest BCUT2D eigenvalue weighted by atomic mass is 10.1. The van der Waals surface area contributed by atoms with E-state index in [-0.39, 0.29) is 11.9 Å². The smallest absolute Gasteiger partial charge is 0.251 e. The highest BCUT2D eigenvalue weighted by Gasteiger charge is 2.29. The third-order valence-corrected chi connectivity index (χ3v) is 4.54. The van der Waals surface area contributed by atoms with Crippen LogP contribution < -0.4 is 5.32 Å². The number of benzene rings is 1. The van der Waals surface area contributed by atoms with E-state index in [0.717, 1.165) is 5.56 Å². The Balaban J connectivity index is 1.96. The summed E-state index contributed by atoms with van der Waals surface area (Å²) in [5.74, 6) is -0.152. The van der Waals surface area contributed by atoms with Gasteiger partial charge in [-0.2, -0.15) is 0 Å². The van der Waals surface area contributed by atoms with E-state index in [1.165, 1.54) is 10.6 Å². The van der Waals surface area contributed by atoms with Gasteiger partial charge in [-0.3, -0.25) is 4.79 Å². The van der Waals surface area contributed by atoms with Crippen LogP contribution in [0.5, 0.6) is 0 Å². The topological polar surface area (TPSA) is 66.5 Å². The lowest BCUT2D eigenvalue weighted by Crippen LogP contribution is -2.38. The molecule has 0 bridgehead atoms. The van der Waals surface area contributed by atoms with Crippen molar-refractivity contribution < 1.29 is 13.2 Å². The summed E-state index contributed by atoms with van der Waals surface area (Å²) in [6.45, 7) is 2.79. The summed E-state index contributed by atoms with van der Waals surface area (Å²) >= 11 is 0. The lowest BCUT2D eigenvalue weighted by molar-refractivity contribution is 0.0939. The molecule has 1 aromatic rings. The van der Waals surface area contributed by atoms with E-state index in [1.54, 1.807) is 12.1 Å². The number of aryl methyl sites for hydroxylation is 1. The van der Waals surface area contributed by atoms with Crippen molar-refractivity contribution in [3.8, 4) is 0 Å². The second kappa shape index (κ2) is 5.30. The Morgan fingerprint density at radius 2 is 1.95 bits per heavy atom. The van der Waals surface area contributed by atoms with Gasteiger partial charge < -0.3 is 5.32 Å². The fourth-order valence-electron chi connectivity index (χ4n) is 2.12. The molecule has 1 heterocycles. The van der Waals surface area contributed by atoms with Crippen LogP contribution in [0.25, 0.3) is 0 Å². The molecule has 1 aliphatic rings. The van der Waals surface area contributed by atoms with Gasteiger partial charge in [0.2, 0.25) is 10.0 Å². The van der Waals surface area contributed by atoms with Gasteiger partial charge in [-0.15, -0.1) is 0 Å². The van der Waals surface area contributed by atoms with E-state index >= 15 is 0 Å². The Morgan fingerprint density at radius 1 is 1.32 bits per heavy atom. The van der Waals surface area contributed by atoms with E-state index in [4.69, 9.17) is 0 Å². The number of rotatable bonds is 3. The molecule has 1 fully saturated rings. The maximum Gasteiger partial charge on any atom is 0.251 e. The number of sulfonamides is 1. The van der Waals surface area contributed by atoms with Crippen LogP contribution >= 0.6 is 0 Å². The number of nitrogens with zero attached hydrogens (tertiary/aromatic N) is 1. The average Bonchev–Trinajstić information content (AvgIpc) is 2.78. The first-order valence-electron chi connectivity index (χ1n) is 6.19. The number of hydrogen-bond acceptors (Lipinski definition) is 3. The highest BCUT2D eigenvalue weighted by atomic mass is 32.2. The summed E-state index contributed by atoms with van der Waals surface area (Å²) in [4.78, 5) is 12.0. The predicted octanol–water partition coefficient (Wildman–Crippen LogP) is 0.759. The van der Waals surface area contributed by atoms with E-state index < -0.39 is 10.0 Å². The maximum absolute atomic E-state index is 12.0. The van der Waals surface area contributed by atoms with Gasteiger partial charge in [0.15, 0.2) is 0 Å². The number of amides is 1. The summed E-state index contributed by atoms with van der Waals surface area (Å²) in [6.07, 6.45) is 1.85. The Hall–Kier alpha value is -1.40. The third-order valence-electron chi connectivity index (χ3n) is 3.27. The first-order valence-corrected chi connectivity index (χ1v) is 8.04. The van der Waals surface area contributed by atoms with E-state index in [0.29, 0.717) is 25.1 Å². The first kappa shape index (κ1) is 14.0. The van der Waals surface area contributed by atoms with Crippen molar-refractivity contribution in [1.82, 2.24) is 9.62 Å². The molecule has 1 atom stereocenters. The molecule has 0 aliphatic carbocycles. The fourth-order valence-corrected chi connectivity index (χ4v) is 3.01. The Kier molecular flexibility index (Phi) is 3.91. The normalized spacial score (nSPS) is 20.4. The molecule has 1 saturated heterocycles. The van der Waals surface area contributed by atoms with Crippen molar-refractivity contribution >= 4 is 15.9 Å².